The van der Waals surface area contributed by atoms with Gasteiger partial charge in [0, 0.05) is 16.6 Å². The van der Waals surface area contributed by atoms with Crippen LogP contribution in [0, 0.1) is 0 Å². The molecule has 0 saturated heterocycles. The second-order valence-electron chi connectivity index (χ2n) is 3.18. The van der Waals surface area contributed by atoms with Crippen molar-refractivity contribution >= 4 is 11.6 Å². The lowest BCUT2D eigenvalue weighted by Gasteiger charge is -2.12. The highest BCUT2D eigenvalue weighted by atomic mass is 35.5. The zero-order valence-corrected chi connectivity index (χ0v) is 8.67. The Morgan fingerprint density at radius 1 is 1.57 bits per heavy atom. The Bertz CT molecular complexity index is 325. The summed E-state index contributed by atoms with van der Waals surface area (Å²) in [6, 6.07) is 4.71. The van der Waals surface area contributed by atoms with E-state index in [9.17, 15) is 5.11 Å². The minimum Gasteiger partial charge on any atom is -0.508 e. The van der Waals surface area contributed by atoms with Crippen LogP contribution < -0.4 is 5.73 Å². The summed E-state index contributed by atoms with van der Waals surface area (Å²) in [7, 11) is 0. The van der Waals surface area contributed by atoms with Gasteiger partial charge in [-0.25, -0.2) is 0 Å². The fourth-order valence-electron chi connectivity index (χ4n) is 1.28. The molecule has 0 spiro atoms. The third kappa shape index (κ3) is 2.76. The average Bonchev–Trinajstić information content (AvgIpc) is 2.18. The molecule has 0 radical (unpaired) electrons. The Kier molecular flexibility index (Phi) is 3.98. The van der Waals surface area contributed by atoms with Gasteiger partial charge < -0.3 is 10.8 Å². The zero-order valence-electron chi connectivity index (χ0n) is 7.91. The van der Waals surface area contributed by atoms with Crippen LogP contribution >= 0.6 is 11.6 Å². The first-order chi connectivity index (χ1) is 6.65. The van der Waals surface area contributed by atoms with Crippen molar-refractivity contribution in [3.05, 3.63) is 41.4 Å². The molecule has 1 atom stereocenters. The van der Waals surface area contributed by atoms with Gasteiger partial charge in [0.05, 0.1) is 0 Å². The lowest BCUT2D eigenvalue weighted by Crippen LogP contribution is -2.09. The molecular formula is C11H14ClNO. The largest absolute Gasteiger partial charge is 0.508 e. The lowest BCUT2D eigenvalue weighted by molar-refractivity contribution is 0.459. The number of aromatic hydroxyl groups is 1. The Labute approximate surface area is 89.0 Å². The number of benzene rings is 1. The summed E-state index contributed by atoms with van der Waals surface area (Å²) < 4.78 is 0. The maximum atomic E-state index is 9.54. The summed E-state index contributed by atoms with van der Waals surface area (Å²) in [5.74, 6) is 0.200. The topological polar surface area (TPSA) is 46.2 Å². The Morgan fingerprint density at radius 2 is 2.29 bits per heavy atom. The molecule has 1 aromatic rings. The van der Waals surface area contributed by atoms with Crippen molar-refractivity contribution in [2.75, 3.05) is 0 Å². The van der Waals surface area contributed by atoms with Gasteiger partial charge in [-0.2, -0.15) is 0 Å². The van der Waals surface area contributed by atoms with Gasteiger partial charge in [0.2, 0.25) is 0 Å². The molecular weight excluding hydrogens is 198 g/mol. The van der Waals surface area contributed by atoms with Gasteiger partial charge in [0.1, 0.15) is 5.75 Å². The second-order valence-corrected chi connectivity index (χ2v) is 3.61. The molecule has 0 amide bonds. The van der Waals surface area contributed by atoms with E-state index in [1.165, 1.54) is 0 Å². The number of hydrogen-bond acceptors (Lipinski definition) is 2. The monoisotopic (exact) mass is 211 g/mol. The van der Waals surface area contributed by atoms with Crippen LogP contribution in [-0.4, -0.2) is 5.11 Å². The average molecular weight is 212 g/mol. The van der Waals surface area contributed by atoms with Gasteiger partial charge in [-0.1, -0.05) is 17.7 Å². The fourth-order valence-corrected chi connectivity index (χ4v) is 1.46. The minimum absolute atomic E-state index is 0.188. The van der Waals surface area contributed by atoms with Crippen LogP contribution in [0.15, 0.2) is 30.9 Å². The molecule has 1 aromatic carbocycles. The van der Waals surface area contributed by atoms with Crippen LogP contribution in [-0.2, 0) is 0 Å². The van der Waals surface area contributed by atoms with E-state index in [-0.39, 0.29) is 11.8 Å². The van der Waals surface area contributed by atoms with E-state index in [1.54, 1.807) is 24.3 Å². The van der Waals surface area contributed by atoms with Crippen LogP contribution in [0.2, 0.25) is 5.02 Å². The zero-order chi connectivity index (χ0) is 10.6. The molecule has 14 heavy (non-hydrogen) atoms. The highest BCUT2D eigenvalue weighted by Gasteiger charge is 2.10. The summed E-state index contributed by atoms with van der Waals surface area (Å²) in [6.07, 6.45) is 3.39. The van der Waals surface area contributed by atoms with Crippen LogP contribution in [0.25, 0.3) is 0 Å². The number of allylic oxidation sites excluding steroid dienone is 1. The van der Waals surface area contributed by atoms with Gasteiger partial charge in [-0.15, -0.1) is 6.58 Å². The molecule has 0 heterocycles. The summed E-state index contributed by atoms with van der Waals surface area (Å²) in [5.41, 5.74) is 6.58. The summed E-state index contributed by atoms with van der Waals surface area (Å²) in [5, 5.41) is 10.1. The molecule has 0 fully saturated rings. The van der Waals surface area contributed by atoms with Crippen molar-refractivity contribution in [1.29, 1.82) is 0 Å². The standard InChI is InChI=1S/C11H14ClNO/c1-2-3-4-10(13)9-7-8(12)5-6-11(9)14/h2,5-7,10,14H,1,3-4,13H2/t10-/m1/s1. The third-order valence-corrected chi connectivity index (χ3v) is 2.31. The van der Waals surface area contributed by atoms with Gasteiger partial charge in [-0.3, -0.25) is 0 Å². The molecule has 1 rings (SSSR count). The Hall–Kier alpha value is -0.990. The smallest absolute Gasteiger partial charge is 0.120 e. The van der Waals surface area contributed by atoms with Gasteiger partial charge in [0.25, 0.3) is 0 Å². The highest BCUT2D eigenvalue weighted by molar-refractivity contribution is 6.30. The van der Waals surface area contributed by atoms with E-state index < -0.39 is 0 Å². The Balaban J connectivity index is 2.82. The number of phenols is 1. The summed E-state index contributed by atoms with van der Waals surface area (Å²) in [6.45, 7) is 3.62. The van der Waals surface area contributed by atoms with Crippen molar-refractivity contribution in [1.82, 2.24) is 0 Å². The molecule has 3 heteroatoms. The first-order valence-corrected chi connectivity index (χ1v) is 4.88. The van der Waals surface area contributed by atoms with Crippen LogP contribution in [0.4, 0.5) is 0 Å². The van der Waals surface area contributed by atoms with Gasteiger partial charge >= 0.3 is 0 Å². The number of hydrogen-bond donors (Lipinski definition) is 2. The van der Waals surface area contributed by atoms with E-state index in [2.05, 4.69) is 6.58 Å². The summed E-state index contributed by atoms with van der Waals surface area (Å²) >= 11 is 5.81. The van der Waals surface area contributed by atoms with Gasteiger partial charge in [0.15, 0.2) is 0 Å². The molecule has 0 aliphatic heterocycles. The van der Waals surface area contributed by atoms with E-state index >= 15 is 0 Å². The van der Waals surface area contributed by atoms with E-state index in [0.717, 1.165) is 12.8 Å². The van der Waals surface area contributed by atoms with Crippen molar-refractivity contribution in [3.63, 3.8) is 0 Å². The Morgan fingerprint density at radius 3 is 2.93 bits per heavy atom. The SMILES string of the molecule is C=CCC[C@@H](N)c1cc(Cl)ccc1O. The molecule has 0 unspecified atom stereocenters. The van der Waals surface area contributed by atoms with Crippen LogP contribution in [0.1, 0.15) is 24.4 Å². The normalized spacial score (nSPS) is 12.4. The highest BCUT2D eigenvalue weighted by Crippen LogP contribution is 2.28. The first kappa shape index (κ1) is 11.1. The molecule has 0 aliphatic rings. The minimum atomic E-state index is -0.188. The van der Waals surface area contributed by atoms with Gasteiger partial charge in [-0.05, 0) is 31.0 Å². The molecule has 0 bridgehead atoms. The van der Waals surface area contributed by atoms with E-state index in [0.29, 0.717) is 10.6 Å². The predicted molar refractivity (Wildman–Crippen MR) is 59.5 cm³/mol. The van der Waals surface area contributed by atoms with Crippen LogP contribution in [0.5, 0.6) is 5.75 Å². The first-order valence-electron chi connectivity index (χ1n) is 4.50. The maximum absolute atomic E-state index is 9.54. The molecule has 3 N–H and O–H groups in total. The summed E-state index contributed by atoms with van der Waals surface area (Å²) in [4.78, 5) is 0. The van der Waals surface area contributed by atoms with Crippen molar-refractivity contribution in [2.24, 2.45) is 5.73 Å². The molecule has 76 valence electrons. The van der Waals surface area contributed by atoms with Crippen LogP contribution in [0.3, 0.4) is 0 Å². The maximum Gasteiger partial charge on any atom is 0.120 e. The number of rotatable bonds is 4. The van der Waals surface area contributed by atoms with Crippen molar-refractivity contribution < 1.29 is 5.11 Å². The molecule has 0 saturated carbocycles. The quantitative estimate of drug-likeness (QED) is 0.753. The van der Waals surface area contributed by atoms with Crippen molar-refractivity contribution in [3.8, 4) is 5.75 Å². The molecule has 2 nitrogen and oxygen atoms in total. The number of halogens is 1. The number of phenolic OH excluding ortho intramolecular Hbond substituents is 1. The van der Waals surface area contributed by atoms with E-state index in [4.69, 9.17) is 17.3 Å². The fraction of sp³-hybridized carbons (Fsp3) is 0.273. The predicted octanol–water partition coefficient (Wildman–Crippen LogP) is 3.01. The number of nitrogens with two attached hydrogens (primary N) is 1. The lowest BCUT2D eigenvalue weighted by atomic mass is 10.0. The van der Waals surface area contributed by atoms with E-state index in [1.807, 2.05) is 0 Å². The third-order valence-electron chi connectivity index (χ3n) is 2.07. The molecule has 0 aromatic heterocycles. The second kappa shape index (κ2) is 5.03. The molecule has 0 aliphatic carbocycles. The van der Waals surface area contributed by atoms with Crippen molar-refractivity contribution in [2.45, 2.75) is 18.9 Å².